The van der Waals surface area contributed by atoms with Crippen LogP contribution in [0.25, 0.3) is 16.9 Å². The molecule has 150 valence electrons. The summed E-state index contributed by atoms with van der Waals surface area (Å²) in [5.41, 5.74) is 1.19. The number of nitrogens with zero attached hydrogens (tertiary/aromatic N) is 3. The van der Waals surface area contributed by atoms with Crippen LogP contribution in [0.2, 0.25) is 5.02 Å². The fraction of sp³-hybridized carbons (Fsp3) is 0. The number of carboxylic acids is 1. The predicted octanol–water partition coefficient (Wildman–Crippen LogP) is 4.12. The van der Waals surface area contributed by atoms with Crippen molar-refractivity contribution in [1.29, 1.82) is 0 Å². The van der Waals surface area contributed by atoms with E-state index in [4.69, 9.17) is 11.6 Å². The van der Waals surface area contributed by atoms with Gasteiger partial charge in [0.1, 0.15) is 5.69 Å². The van der Waals surface area contributed by atoms with Gasteiger partial charge < -0.3 is 5.11 Å². The number of carbonyl (C=O) groups is 1. The molecular weight excluding hydrogens is 426 g/mol. The van der Waals surface area contributed by atoms with Crippen LogP contribution >= 0.6 is 11.6 Å². The molecule has 3 aromatic carbocycles. The third-order valence-corrected chi connectivity index (χ3v) is 6.28. The van der Waals surface area contributed by atoms with E-state index < -0.39 is 15.8 Å². The number of aromatic nitrogens is 3. The minimum atomic E-state index is -4.05. The lowest BCUT2D eigenvalue weighted by atomic mass is 10.1. The van der Waals surface area contributed by atoms with Crippen molar-refractivity contribution in [1.82, 2.24) is 15.0 Å². The molecule has 7 nitrogen and oxygen atoms in total. The smallest absolute Gasteiger partial charge is 0.335 e. The van der Waals surface area contributed by atoms with E-state index in [1.165, 1.54) is 35.0 Å². The molecule has 1 heterocycles. The molecule has 0 spiro atoms. The lowest BCUT2D eigenvalue weighted by molar-refractivity contribution is 0.0697. The maximum Gasteiger partial charge on any atom is 0.335 e. The summed E-state index contributed by atoms with van der Waals surface area (Å²) in [5.74, 6) is -1.11. The molecule has 0 aliphatic heterocycles. The summed E-state index contributed by atoms with van der Waals surface area (Å²) in [6, 6.07) is 20.7. The normalized spacial score (nSPS) is 11.4. The van der Waals surface area contributed by atoms with E-state index in [0.29, 0.717) is 11.3 Å². The number of rotatable bonds is 5. The summed E-state index contributed by atoms with van der Waals surface area (Å²) >= 11 is 5.98. The van der Waals surface area contributed by atoms with Crippen LogP contribution in [0.5, 0.6) is 0 Å². The van der Waals surface area contributed by atoms with E-state index >= 15 is 0 Å². The maximum atomic E-state index is 13.3. The van der Waals surface area contributed by atoms with Gasteiger partial charge in [0.2, 0.25) is 14.9 Å². The first kappa shape index (κ1) is 19.8. The van der Waals surface area contributed by atoms with Gasteiger partial charge in [-0.3, -0.25) is 0 Å². The Balaban J connectivity index is 1.98. The molecule has 1 N–H and O–H groups in total. The molecule has 0 aliphatic carbocycles. The van der Waals surface area contributed by atoms with E-state index in [2.05, 4.69) is 10.3 Å². The standard InChI is InChI=1S/C21H14ClN3O4S/c22-16-9-5-11-18(13-16)30(28,29)20-19(14-6-2-1-3-7-14)25(24-23-20)17-10-4-8-15(12-17)21(26)27/h1-13H,(H,26,27). The molecule has 4 rings (SSSR count). The van der Waals surface area contributed by atoms with Crippen molar-refractivity contribution in [3.63, 3.8) is 0 Å². The fourth-order valence-electron chi connectivity index (χ4n) is 2.99. The molecule has 9 heteroatoms. The van der Waals surface area contributed by atoms with Gasteiger partial charge in [-0.2, -0.15) is 0 Å². The minimum Gasteiger partial charge on any atom is -0.478 e. The quantitative estimate of drug-likeness (QED) is 0.501. The minimum absolute atomic E-state index is 0.0153. The van der Waals surface area contributed by atoms with Crippen molar-refractivity contribution >= 4 is 27.4 Å². The summed E-state index contributed by atoms with van der Waals surface area (Å²) in [6.45, 7) is 0. The highest BCUT2D eigenvalue weighted by Gasteiger charge is 2.29. The molecule has 0 unspecified atom stereocenters. The largest absolute Gasteiger partial charge is 0.478 e. The average Bonchev–Trinajstić information content (AvgIpc) is 3.20. The van der Waals surface area contributed by atoms with Gasteiger partial charge in [0.05, 0.1) is 16.1 Å². The number of benzene rings is 3. The molecule has 1 aromatic heterocycles. The zero-order valence-corrected chi connectivity index (χ0v) is 16.9. The Morgan fingerprint density at radius 3 is 2.37 bits per heavy atom. The second-order valence-electron chi connectivity index (χ2n) is 6.34. The van der Waals surface area contributed by atoms with Gasteiger partial charge in [0.15, 0.2) is 0 Å². The summed E-state index contributed by atoms with van der Waals surface area (Å²) in [4.78, 5) is 11.4. The first-order valence-corrected chi connectivity index (χ1v) is 10.6. The van der Waals surface area contributed by atoms with Gasteiger partial charge in [-0.05, 0) is 36.4 Å². The SMILES string of the molecule is O=C(O)c1cccc(-n2nnc(S(=O)(=O)c3cccc(Cl)c3)c2-c2ccccc2)c1. The van der Waals surface area contributed by atoms with Crippen LogP contribution in [0, 0.1) is 0 Å². The second-order valence-corrected chi connectivity index (χ2v) is 8.64. The van der Waals surface area contributed by atoms with Crippen molar-refractivity contribution in [2.24, 2.45) is 0 Å². The Morgan fingerprint density at radius 2 is 1.67 bits per heavy atom. The first-order chi connectivity index (χ1) is 14.4. The van der Waals surface area contributed by atoms with Gasteiger partial charge in [0, 0.05) is 10.6 Å². The van der Waals surface area contributed by atoms with Crippen LogP contribution < -0.4 is 0 Å². The number of sulfone groups is 1. The van der Waals surface area contributed by atoms with Gasteiger partial charge in [-0.15, -0.1) is 5.10 Å². The zero-order valence-electron chi connectivity index (χ0n) is 15.3. The van der Waals surface area contributed by atoms with Crippen molar-refractivity contribution in [3.8, 4) is 16.9 Å². The number of aromatic carboxylic acids is 1. The molecule has 0 fully saturated rings. The summed E-state index contributed by atoms with van der Waals surface area (Å²) in [6.07, 6.45) is 0. The highest BCUT2D eigenvalue weighted by atomic mass is 35.5. The monoisotopic (exact) mass is 439 g/mol. The van der Waals surface area contributed by atoms with Crippen LogP contribution in [-0.2, 0) is 9.84 Å². The molecule has 30 heavy (non-hydrogen) atoms. The lowest BCUT2D eigenvalue weighted by Crippen LogP contribution is -2.06. The van der Waals surface area contributed by atoms with Crippen LogP contribution in [0.15, 0.2) is 88.8 Å². The Hall–Kier alpha value is -3.49. The van der Waals surface area contributed by atoms with Gasteiger partial charge >= 0.3 is 5.97 Å². The first-order valence-electron chi connectivity index (χ1n) is 8.73. The molecule has 0 atom stereocenters. The van der Waals surface area contributed by atoms with Crippen molar-refractivity contribution in [2.45, 2.75) is 9.92 Å². The van der Waals surface area contributed by atoms with E-state index in [1.54, 1.807) is 48.5 Å². The van der Waals surface area contributed by atoms with Crippen LogP contribution in [0.4, 0.5) is 0 Å². The molecule has 0 radical (unpaired) electrons. The third kappa shape index (κ3) is 3.58. The van der Waals surface area contributed by atoms with Crippen molar-refractivity contribution < 1.29 is 18.3 Å². The van der Waals surface area contributed by atoms with Crippen LogP contribution in [0.3, 0.4) is 0 Å². The van der Waals surface area contributed by atoms with Crippen molar-refractivity contribution in [2.75, 3.05) is 0 Å². The summed E-state index contributed by atoms with van der Waals surface area (Å²) in [5, 5.41) is 17.3. The molecule has 0 saturated carbocycles. The molecule has 4 aromatic rings. The van der Waals surface area contributed by atoms with Crippen LogP contribution in [-0.4, -0.2) is 34.5 Å². The van der Waals surface area contributed by atoms with Gasteiger partial charge in [-0.25, -0.2) is 17.9 Å². The van der Waals surface area contributed by atoms with Crippen LogP contribution in [0.1, 0.15) is 10.4 Å². The zero-order chi connectivity index (χ0) is 21.3. The third-order valence-electron chi connectivity index (χ3n) is 4.39. The highest BCUT2D eigenvalue weighted by molar-refractivity contribution is 7.91. The summed E-state index contributed by atoms with van der Waals surface area (Å²) < 4.78 is 28.0. The Morgan fingerprint density at radius 1 is 0.933 bits per heavy atom. The number of carboxylic acid groups (broad SMARTS) is 1. The fourth-order valence-corrected chi connectivity index (χ4v) is 4.61. The Labute approximate surface area is 177 Å². The Kier molecular flexibility index (Phi) is 5.11. The van der Waals surface area contributed by atoms with Gasteiger partial charge in [-0.1, -0.05) is 59.3 Å². The molecule has 0 bridgehead atoms. The number of halogens is 1. The highest BCUT2D eigenvalue weighted by Crippen LogP contribution is 2.32. The van der Waals surface area contributed by atoms with E-state index in [1.807, 2.05) is 0 Å². The number of hydrogen-bond acceptors (Lipinski definition) is 5. The average molecular weight is 440 g/mol. The molecule has 0 aliphatic rings. The predicted molar refractivity (Wildman–Crippen MR) is 111 cm³/mol. The Bertz CT molecular complexity index is 1350. The van der Waals surface area contributed by atoms with E-state index in [9.17, 15) is 18.3 Å². The second kappa shape index (κ2) is 7.74. The topological polar surface area (TPSA) is 102 Å². The molecular formula is C21H14ClN3O4S. The maximum absolute atomic E-state index is 13.3. The molecule has 0 saturated heterocycles. The summed E-state index contributed by atoms with van der Waals surface area (Å²) in [7, 11) is -4.05. The van der Waals surface area contributed by atoms with Gasteiger partial charge in [0.25, 0.3) is 0 Å². The van der Waals surface area contributed by atoms with E-state index in [-0.39, 0.29) is 26.2 Å². The lowest BCUT2D eigenvalue weighted by Gasteiger charge is -2.10. The number of hydrogen-bond donors (Lipinski definition) is 1. The van der Waals surface area contributed by atoms with Crippen molar-refractivity contribution in [3.05, 3.63) is 89.4 Å². The molecule has 0 amide bonds. The van der Waals surface area contributed by atoms with E-state index in [0.717, 1.165) is 0 Å².